The second-order valence-electron chi connectivity index (χ2n) is 4.89. The van der Waals surface area contributed by atoms with Crippen molar-refractivity contribution < 1.29 is 14.3 Å². The topological polar surface area (TPSA) is 55.4 Å². The van der Waals surface area contributed by atoms with E-state index in [1.807, 2.05) is 13.8 Å². The van der Waals surface area contributed by atoms with Gasteiger partial charge in [0.25, 0.3) is 0 Å². The van der Waals surface area contributed by atoms with Gasteiger partial charge < -0.3 is 10.1 Å². The Morgan fingerprint density at radius 2 is 2.11 bits per heavy atom. The molecule has 1 amide bonds. The number of hydrogen-bond donors (Lipinski definition) is 1. The molecule has 5 heteroatoms. The van der Waals surface area contributed by atoms with Crippen LogP contribution in [0.3, 0.4) is 0 Å². The standard InChI is InChI=1S/C14H16ClNO3/c1-8-3-11(12(15)4-9(8)2)14(18)19-7-10-5-13(17)16-6-10/h3-4,10H,5-7H2,1-2H3,(H,16,17)/t10-/m0/s1. The van der Waals surface area contributed by atoms with Crippen molar-refractivity contribution in [3.63, 3.8) is 0 Å². The van der Waals surface area contributed by atoms with Gasteiger partial charge in [-0.3, -0.25) is 4.79 Å². The fourth-order valence-electron chi connectivity index (χ4n) is 1.99. The van der Waals surface area contributed by atoms with Crippen LogP contribution >= 0.6 is 11.6 Å². The molecule has 1 saturated heterocycles. The number of carbonyl (C=O) groups is 2. The van der Waals surface area contributed by atoms with Crippen molar-refractivity contribution in [2.45, 2.75) is 20.3 Å². The van der Waals surface area contributed by atoms with E-state index >= 15 is 0 Å². The second-order valence-corrected chi connectivity index (χ2v) is 5.30. The average molecular weight is 282 g/mol. The minimum atomic E-state index is -0.438. The van der Waals surface area contributed by atoms with Gasteiger partial charge in [0.2, 0.25) is 5.91 Å². The fourth-order valence-corrected chi connectivity index (χ4v) is 2.29. The number of esters is 1. The summed E-state index contributed by atoms with van der Waals surface area (Å²) in [4.78, 5) is 23.0. The smallest absolute Gasteiger partial charge is 0.339 e. The first-order chi connectivity index (χ1) is 8.97. The van der Waals surface area contributed by atoms with E-state index in [4.69, 9.17) is 16.3 Å². The molecule has 1 aromatic rings. The Kier molecular flexibility index (Phi) is 4.10. The number of hydrogen-bond acceptors (Lipinski definition) is 3. The van der Waals surface area contributed by atoms with Crippen LogP contribution in [-0.4, -0.2) is 25.0 Å². The number of aryl methyl sites for hydroxylation is 2. The Labute approximate surface area is 117 Å². The number of rotatable bonds is 3. The van der Waals surface area contributed by atoms with Crippen LogP contribution in [0, 0.1) is 19.8 Å². The molecule has 0 radical (unpaired) electrons. The van der Waals surface area contributed by atoms with Crippen LogP contribution in [0.25, 0.3) is 0 Å². The minimum Gasteiger partial charge on any atom is -0.462 e. The third-order valence-electron chi connectivity index (χ3n) is 3.32. The maximum atomic E-state index is 12.0. The van der Waals surface area contributed by atoms with Crippen molar-refractivity contribution in [3.05, 3.63) is 33.8 Å². The maximum absolute atomic E-state index is 12.0. The van der Waals surface area contributed by atoms with Crippen LogP contribution in [0.15, 0.2) is 12.1 Å². The molecule has 19 heavy (non-hydrogen) atoms. The molecule has 0 saturated carbocycles. The molecular formula is C14H16ClNO3. The molecule has 1 aliphatic heterocycles. The van der Waals surface area contributed by atoms with E-state index in [-0.39, 0.29) is 18.4 Å². The molecule has 0 bridgehead atoms. The van der Waals surface area contributed by atoms with Gasteiger partial charge in [-0.05, 0) is 37.1 Å². The predicted octanol–water partition coefficient (Wildman–Crippen LogP) is 2.25. The van der Waals surface area contributed by atoms with E-state index in [2.05, 4.69) is 5.32 Å². The molecule has 1 N–H and O–H groups in total. The highest BCUT2D eigenvalue weighted by atomic mass is 35.5. The largest absolute Gasteiger partial charge is 0.462 e. The quantitative estimate of drug-likeness (QED) is 0.865. The van der Waals surface area contributed by atoms with Crippen molar-refractivity contribution in [1.29, 1.82) is 0 Å². The lowest BCUT2D eigenvalue weighted by atomic mass is 10.1. The zero-order chi connectivity index (χ0) is 14.0. The Bertz CT molecular complexity index is 528. The van der Waals surface area contributed by atoms with Gasteiger partial charge >= 0.3 is 5.97 Å². The van der Waals surface area contributed by atoms with Gasteiger partial charge in [-0.2, -0.15) is 0 Å². The first-order valence-corrected chi connectivity index (χ1v) is 6.55. The van der Waals surface area contributed by atoms with Gasteiger partial charge in [0.05, 0.1) is 17.2 Å². The van der Waals surface area contributed by atoms with Crippen molar-refractivity contribution in [2.24, 2.45) is 5.92 Å². The zero-order valence-electron chi connectivity index (χ0n) is 11.0. The van der Waals surface area contributed by atoms with Gasteiger partial charge in [0, 0.05) is 18.9 Å². The third-order valence-corrected chi connectivity index (χ3v) is 3.63. The van der Waals surface area contributed by atoms with Crippen LogP contribution in [0.2, 0.25) is 5.02 Å². The highest BCUT2D eigenvalue weighted by Crippen LogP contribution is 2.22. The lowest BCUT2D eigenvalue weighted by Crippen LogP contribution is -2.18. The first-order valence-electron chi connectivity index (χ1n) is 6.18. The number of halogens is 1. The van der Waals surface area contributed by atoms with E-state index in [9.17, 15) is 9.59 Å². The molecule has 1 aromatic carbocycles. The van der Waals surface area contributed by atoms with Gasteiger partial charge in [-0.25, -0.2) is 4.79 Å². The molecule has 1 heterocycles. The summed E-state index contributed by atoms with van der Waals surface area (Å²) < 4.78 is 5.22. The summed E-state index contributed by atoms with van der Waals surface area (Å²) in [6.07, 6.45) is 0.411. The molecule has 1 fully saturated rings. The van der Waals surface area contributed by atoms with Crippen molar-refractivity contribution in [1.82, 2.24) is 5.32 Å². The second kappa shape index (κ2) is 5.61. The Morgan fingerprint density at radius 3 is 2.74 bits per heavy atom. The molecule has 0 aromatic heterocycles. The SMILES string of the molecule is Cc1cc(Cl)c(C(=O)OC[C@@H]2CNC(=O)C2)cc1C. The summed E-state index contributed by atoms with van der Waals surface area (Å²) in [5, 5.41) is 3.10. The molecule has 0 unspecified atom stereocenters. The molecular weight excluding hydrogens is 266 g/mol. The van der Waals surface area contributed by atoms with E-state index in [0.29, 0.717) is 23.6 Å². The van der Waals surface area contributed by atoms with E-state index in [1.165, 1.54) is 0 Å². The van der Waals surface area contributed by atoms with Crippen molar-refractivity contribution in [2.75, 3.05) is 13.2 Å². The molecule has 0 spiro atoms. The van der Waals surface area contributed by atoms with Crippen LogP contribution in [0.5, 0.6) is 0 Å². The molecule has 1 atom stereocenters. The summed E-state index contributed by atoms with van der Waals surface area (Å²) in [6.45, 7) is 4.65. The Balaban J connectivity index is 2.00. The van der Waals surface area contributed by atoms with Crippen LogP contribution < -0.4 is 5.32 Å². The number of amides is 1. The highest BCUT2D eigenvalue weighted by molar-refractivity contribution is 6.33. The third kappa shape index (κ3) is 3.26. The summed E-state index contributed by atoms with van der Waals surface area (Å²) in [5.74, 6) is -0.375. The van der Waals surface area contributed by atoms with Crippen molar-refractivity contribution >= 4 is 23.5 Å². The molecule has 0 aliphatic carbocycles. The van der Waals surface area contributed by atoms with Gasteiger partial charge in [-0.15, -0.1) is 0 Å². The summed E-state index contributed by atoms with van der Waals surface area (Å²) in [7, 11) is 0. The van der Waals surface area contributed by atoms with Crippen LogP contribution in [0.1, 0.15) is 27.9 Å². The van der Waals surface area contributed by atoms with Gasteiger partial charge in [0.1, 0.15) is 0 Å². The number of carbonyl (C=O) groups excluding carboxylic acids is 2. The van der Waals surface area contributed by atoms with E-state index in [1.54, 1.807) is 12.1 Å². The molecule has 4 nitrogen and oxygen atoms in total. The van der Waals surface area contributed by atoms with Gasteiger partial charge in [-0.1, -0.05) is 11.6 Å². The monoisotopic (exact) mass is 281 g/mol. The van der Waals surface area contributed by atoms with Gasteiger partial charge in [0.15, 0.2) is 0 Å². The lowest BCUT2D eigenvalue weighted by molar-refractivity contribution is -0.119. The number of nitrogens with one attached hydrogen (secondary N) is 1. The van der Waals surface area contributed by atoms with Crippen LogP contribution in [0.4, 0.5) is 0 Å². The zero-order valence-corrected chi connectivity index (χ0v) is 11.7. The Morgan fingerprint density at radius 1 is 1.42 bits per heavy atom. The van der Waals surface area contributed by atoms with Crippen molar-refractivity contribution in [3.8, 4) is 0 Å². The first kappa shape index (κ1) is 13.9. The molecule has 102 valence electrons. The molecule has 1 aliphatic rings. The summed E-state index contributed by atoms with van der Waals surface area (Å²) in [6, 6.07) is 3.49. The number of benzene rings is 1. The maximum Gasteiger partial charge on any atom is 0.339 e. The number of ether oxygens (including phenoxy) is 1. The normalized spacial score (nSPS) is 18.3. The average Bonchev–Trinajstić information content (AvgIpc) is 2.77. The van der Waals surface area contributed by atoms with Crippen LogP contribution in [-0.2, 0) is 9.53 Å². The molecule has 2 rings (SSSR count). The fraction of sp³-hybridized carbons (Fsp3) is 0.429. The minimum absolute atomic E-state index is 0.00487. The highest BCUT2D eigenvalue weighted by Gasteiger charge is 2.23. The summed E-state index contributed by atoms with van der Waals surface area (Å²) >= 11 is 6.05. The lowest BCUT2D eigenvalue weighted by Gasteiger charge is -2.11. The Hall–Kier alpha value is -1.55. The van der Waals surface area contributed by atoms with E-state index in [0.717, 1.165) is 11.1 Å². The van der Waals surface area contributed by atoms with E-state index < -0.39 is 5.97 Å². The summed E-state index contributed by atoms with van der Waals surface area (Å²) in [5.41, 5.74) is 2.41. The predicted molar refractivity (Wildman–Crippen MR) is 72.3 cm³/mol.